The Morgan fingerprint density at radius 3 is 2.52 bits per heavy atom. The molecule has 0 spiro atoms. The number of pyridine rings is 1. The van der Waals surface area contributed by atoms with Crippen LogP contribution < -0.4 is 0 Å². The van der Waals surface area contributed by atoms with E-state index < -0.39 is 43.8 Å². The van der Waals surface area contributed by atoms with Crippen LogP contribution in [-0.4, -0.2) is 62.5 Å². The fourth-order valence-corrected chi connectivity index (χ4v) is 5.32. The van der Waals surface area contributed by atoms with Gasteiger partial charge < -0.3 is 15.1 Å². The van der Waals surface area contributed by atoms with Crippen LogP contribution in [0.25, 0.3) is 6.08 Å². The second-order valence-corrected chi connectivity index (χ2v) is 8.88. The first kappa shape index (κ1) is 17.1. The van der Waals surface area contributed by atoms with E-state index in [1.54, 1.807) is 0 Å². The van der Waals surface area contributed by atoms with Crippen molar-refractivity contribution < 1.29 is 33.0 Å². The van der Waals surface area contributed by atoms with Crippen LogP contribution in [0.5, 0.6) is 0 Å². The summed E-state index contributed by atoms with van der Waals surface area (Å²) in [7, 11) is -4.01. The summed E-state index contributed by atoms with van der Waals surface area (Å²) in [5, 5.41) is 17.1. The molecular weight excluding hydrogens is 352 g/mol. The molecule has 1 aromatic rings. The van der Waals surface area contributed by atoms with Crippen LogP contribution in [0.1, 0.15) is 29.9 Å². The second kappa shape index (κ2) is 5.12. The molecule has 2 atom stereocenters. The van der Waals surface area contributed by atoms with Gasteiger partial charge in [-0.3, -0.25) is 9.78 Å². The summed E-state index contributed by atoms with van der Waals surface area (Å²) < 4.78 is 23.8. The summed E-state index contributed by atoms with van der Waals surface area (Å²) in [5.74, 6) is -3.44. The molecule has 0 aliphatic carbocycles. The molecule has 1 aromatic heterocycles. The van der Waals surface area contributed by atoms with Crippen LogP contribution in [-0.2, 0) is 19.4 Å². The SMILES string of the molecule is CC1(C)[C@H](C(=O)O)N2C(=O)/C(=C/c3ncccc3C(=O)O)[C@H]2S1(=O)=O. The number of aromatic nitrogens is 1. The molecule has 3 heterocycles. The Balaban J connectivity index is 2.14. The predicted octanol–water partition coefficient (Wildman–Crippen LogP) is -0.00830. The third kappa shape index (κ3) is 2.10. The first-order valence-electron chi connectivity index (χ1n) is 7.20. The van der Waals surface area contributed by atoms with Crippen molar-refractivity contribution in [2.75, 3.05) is 0 Å². The lowest BCUT2D eigenvalue weighted by atomic mass is 9.95. The van der Waals surface area contributed by atoms with E-state index in [1.807, 2.05) is 0 Å². The van der Waals surface area contributed by atoms with Crippen molar-refractivity contribution in [2.24, 2.45) is 0 Å². The van der Waals surface area contributed by atoms with Gasteiger partial charge in [0, 0.05) is 6.20 Å². The summed E-state index contributed by atoms with van der Waals surface area (Å²) in [6.45, 7) is 2.52. The maximum atomic E-state index is 12.7. The molecule has 25 heavy (non-hydrogen) atoms. The van der Waals surface area contributed by atoms with Crippen molar-refractivity contribution in [3.05, 3.63) is 35.2 Å². The quantitative estimate of drug-likeness (QED) is 0.562. The van der Waals surface area contributed by atoms with Gasteiger partial charge in [0.05, 0.1) is 16.8 Å². The minimum absolute atomic E-state index is 0.0650. The van der Waals surface area contributed by atoms with E-state index in [1.165, 1.54) is 32.2 Å². The number of carbonyl (C=O) groups is 3. The molecule has 0 radical (unpaired) electrons. The molecular formula is C15H14N2O7S. The molecule has 2 fully saturated rings. The molecule has 9 nitrogen and oxygen atoms in total. The zero-order chi connectivity index (χ0) is 18.7. The van der Waals surface area contributed by atoms with Gasteiger partial charge in [0.25, 0.3) is 5.91 Å². The molecule has 2 aliphatic rings. The number of nitrogens with zero attached hydrogens (tertiary/aromatic N) is 2. The maximum absolute atomic E-state index is 12.7. The van der Waals surface area contributed by atoms with E-state index in [0.717, 1.165) is 11.0 Å². The molecule has 0 unspecified atom stereocenters. The molecule has 0 aromatic carbocycles. The lowest BCUT2D eigenvalue weighted by Gasteiger charge is -2.37. The number of carboxylic acids is 2. The smallest absolute Gasteiger partial charge is 0.337 e. The fourth-order valence-electron chi connectivity index (χ4n) is 3.20. The van der Waals surface area contributed by atoms with Crippen molar-refractivity contribution in [3.63, 3.8) is 0 Å². The monoisotopic (exact) mass is 366 g/mol. The fraction of sp³-hybridized carbons (Fsp3) is 0.333. The number of sulfone groups is 1. The first-order chi connectivity index (χ1) is 11.5. The zero-order valence-corrected chi connectivity index (χ0v) is 14.0. The standard InChI is InChI=1S/C15H14N2O7S/c1-15(2)10(14(21)22)17-11(18)8(12(17)25(15,23)24)6-9-7(13(19)20)4-3-5-16-9/h3-6,10,12H,1-2H3,(H,19,20)(H,21,22)/b8-6-/t10-,12+/m0/s1. The normalized spacial score (nSPS) is 27.7. The average molecular weight is 366 g/mol. The molecule has 132 valence electrons. The summed E-state index contributed by atoms with van der Waals surface area (Å²) in [6, 6.07) is 1.17. The van der Waals surface area contributed by atoms with Gasteiger partial charge in [0.2, 0.25) is 0 Å². The van der Waals surface area contributed by atoms with E-state index in [0.29, 0.717) is 0 Å². The number of hydrogen-bond donors (Lipinski definition) is 2. The maximum Gasteiger partial charge on any atom is 0.337 e. The molecule has 0 saturated carbocycles. The highest BCUT2D eigenvalue weighted by atomic mass is 32.2. The Kier molecular flexibility index (Phi) is 3.50. The van der Waals surface area contributed by atoms with E-state index in [2.05, 4.69) is 4.98 Å². The zero-order valence-electron chi connectivity index (χ0n) is 13.2. The summed E-state index contributed by atoms with van der Waals surface area (Å²) in [6.07, 6.45) is 2.41. The van der Waals surface area contributed by atoms with Crippen LogP contribution >= 0.6 is 0 Å². The van der Waals surface area contributed by atoms with Gasteiger partial charge in [0.1, 0.15) is 4.75 Å². The highest BCUT2D eigenvalue weighted by Gasteiger charge is 2.70. The topological polar surface area (TPSA) is 142 Å². The number of fused-ring (bicyclic) bond motifs is 1. The van der Waals surface area contributed by atoms with Crippen molar-refractivity contribution in [2.45, 2.75) is 30.0 Å². The van der Waals surface area contributed by atoms with Crippen LogP contribution in [0.2, 0.25) is 0 Å². The second-order valence-electron chi connectivity index (χ2n) is 6.30. The Bertz CT molecular complexity index is 948. The van der Waals surface area contributed by atoms with Crippen LogP contribution in [0, 0.1) is 0 Å². The van der Waals surface area contributed by atoms with E-state index >= 15 is 0 Å². The summed E-state index contributed by atoms with van der Waals surface area (Å²) in [4.78, 5) is 39.8. The highest BCUT2D eigenvalue weighted by Crippen LogP contribution is 2.48. The number of carbonyl (C=O) groups excluding carboxylic acids is 1. The highest BCUT2D eigenvalue weighted by molar-refractivity contribution is 7.94. The van der Waals surface area contributed by atoms with Gasteiger partial charge in [-0.05, 0) is 32.1 Å². The number of aliphatic carboxylic acids is 1. The predicted molar refractivity (Wildman–Crippen MR) is 84.2 cm³/mol. The van der Waals surface area contributed by atoms with Crippen LogP contribution in [0.3, 0.4) is 0 Å². The third-order valence-electron chi connectivity index (χ3n) is 4.56. The number of aromatic carboxylic acids is 1. The Morgan fingerprint density at radius 1 is 1.32 bits per heavy atom. The Hall–Kier alpha value is -2.75. The van der Waals surface area contributed by atoms with E-state index in [9.17, 15) is 27.9 Å². The lowest BCUT2D eigenvalue weighted by Crippen LogP contribution is -2.58. The average Bonchev–Trinajstić information content (AvgIpc) is 2.66. The Morgan fingerprint density at radius 2 is 1.96 bits per heavy atom. The Labute approximate surface area is 142 Å². The van der Waals surface area contributed by atoms with Crippen molar-refractivity contribution in [1.82, 2.24) is 9.88 Å². The number of hydrogen-bond acceptors (Lipinski definition) is 6. The lowest BCUT2D eigenvalue weighted by molar-refractivity contribution is -0.152. The van der Waals surface area contributed by atoms with Gasteiger partial charge in [-0.25, -0.2) is 18.0 Å². The first-order valence-corrected chi connectivity index (χ1v) is 8.75. The van der Waals surface area contributed by atoms with Gasteiger partial charge >= 0.3 is 11.9 Å². The molecule has 2 aliphatic heterocycles. The molecule has 3 rings (SSSR count). The minimum atomic E-state index is -4.01. The summed E-state index contributed by atoms with van der Waals surface area (Å²) >= 11 is 0. The summed E-state index contributed by atoms with van der Waals surface area (Å²) in [5.41, 5.74) is -0.437. The van der Waals surface area contributed by atoms with E-state index in [-0.39, 0.29) is 16.8 Å². The van der Waals surface area contributed by atoms with Gasteiger partial charge in [0.15, 0.2) is 21.3 Å². The molecule has 10 heteroatoms. The third-order valence-corrected chi connectivity index (χ3v) is 7.32. The molecule has 0 bridgehead atoms. The van der Waals surface area contributed by atoms with E-state index in [4.69, 9.17) is 5.11 Å². The van der Waals surface area contributed by atoms with Crippen molar-refractivity contribution in [1.29, 1.82) is 0 Å². The molecule has 1 amide bonds. The van der Waals surface area contributed by atoms with Gasteiger partial charge in [-0.1, -0.05) is 0 Å². The number of β-lactam (4-membered cyclic amide) rings is 1. The van der Waals surface area contributed by atoms with Crippen molar-refractivity contribution >= 4 is 33.8 Å². The number of carboxylic acid groups (broad SMARTS) is 2. The number of rotatable bonds is 3. The van der Waals surface area contributed by atoms with Crippen LogP contribution in [0.15, 0.2) is 23.9 Å². The molecule has 2 saturated heterocycles. The number of amides is 1. The largest absolute Gasteiger partial charge is 0.480 e. The van der Waals surface area contributed by atoms with Gasteiger partial charge in [-0.2, -0.15) is 0 Å². The van der Waals surface area contributed by atoms with Crippen LogP contribution in [0.4, 0.5) is 0 Å². The van der Waals surface area contributed by atoms with Gasteiger partial charge in [-0.15, -0.1) is 0 Å². The molecule has 2 N–H and O–H groups in total. The van der Waals surface area contributed by atoms with Crippen molar-refractivity contribution in [3.8, 4) is 0 Å². The minimum Gasteiger partial charge on any atom is -0.480 e.